The van der Waals surface area contributed by atoms with Gasteiger partial charge in [-0.25, -0.2) is 0 Å². The summed E-state index contributed by atoms with van der Waals surface area (Å²) in [6.45, 7) is 8.41. The number of halogens is 2. The fourth-order valence-corrected chi connectivity index (χ4v) is 6.80. The Labute approximate surface area is 252 Å². The minimum atomic E-state index is -0.934. The molecule has 1 fully saturated rings. The van der Waals surface area contributed by atoms with Gasteiger partial charge in [0.05, 0.1) is 29.2 Å². The number of esters is 1. The molecule has 6 nitrogen and oxygen atoms in total. The van der Waals surface area contributed by atoms with Crippen molar-refractivity contribution >= 4 is 63.9 Å². The standard InChI is InChI=1S/C30H30Cl2N2O4S2/c1-29(2,3)28(36)38-24-17-30(20-10-15-39-18-20,19-4-7-22(8-5-19)34-11-13-37-14-12-34)33-27(35)26(24)40-25-16-21(31)6-9-23(25)32/h4-10,15-16,18H,11-14,17H2,1-3H3,(H,33,35). The van der Waals surface area contributed by atoms with Crippen molar-refractivity contribution in [2.45, 2.75) is 37.6 Å². The van der Waals surface area contributed by atoms with E-state index < -0.39 is 16.9 Å². The molecule has 2 aliphatic rings. The van der Waals surface area contributed by atoms with Gasteiger partial charge >= 0.3 is 5.97 Å². The number of hydrogen-bond donors (Lipinski definition) is 1. The van der Waals surface area contributed by atoms with E-state index in [1.807, 2.05) is 29.0 Å². The number of ether oxygens (including phenoxy) is 2. The number of nitrogens with one attached hydrogen (secondary N) is 1. The van der Waals surface area contributed by atoms with Crippen LogP contribution in [0, 0.1) is 5.41 Å². The van der Waals surface area contributed by atoms with Crippen LogP contribution in [0.5, 0.6) is 0 Å². The van der Waals surface area contributed by atoms with Crippen LogP contribution in [0.25, 0.3) is 0 Å². The maximum absolute atomic E-state index is 14.0. The summed E-state index contributed by atoms with van der Waals surface area (Å²) in [5.74, 6) is -0.477. The number of carbonyl (C=O) groups excluding carboxylic acids is 2. The van der Waals surface area contributed by atoms with Gasteiger partial charge in [0, 0.05) is 35.1 Å². The van der Waals surface area contributed by atoms with Crippen LogP contribution >= 0.6 is 46.3 Å². The van der Waals surface area contributed by atoms with E-state index >= 15 is 0 Å². The van der Waals surface area contributed by atoms with E-state index in [9.17, 15) is 9.59 Å². The Morgan fingerprint density at radius 2 is 1.80 bits per heavy atom. The average molecular weight is 618 g/mol. The molecular weight excluding hydrogens is 587 g/mol. The topological polar surface area (TPSA) is 67.9 Å². The molecule has 0 radical (unpaired) electrons. The highest BCUT2D eigenvalue weighted by Crippen LogP contribution is 2.46. The zero-order valence-corrected chi connectivity index (χ0v) is 25.6. The number of thioether (sulfide) groups is 1. The molecule has 5 rings (SSSR count). The van der Waals surface area contributed by atoms with Crippen LogP contribution in [0.1, 0.15) is 38.3 Å². The maximum Gasteiger partial charge on any atom is 0.316 e. The lowest BCUT2D eigenvalue weighted by Crippen LogP contribution is -2.51. The molecule has 0 saturated carbocycles. The Balaban J connectivity index is 1.59. The minimum Gasteiger partial charge on any atom is -0.429 e. The minimum absolute atomic E-state index is 0.245. The molecule has 3 aromatic rings. The fraction of sp³-hybridized carbons (Fsp3) is 0.333. The van der Waals surface area contributed by atoms with Crippen molar-refractivity contribution in [3.8, 4) is 0 Å². The third-order valence-corrected chi connectivity index (χ3v) is 9.43. The highest BCUT2D eigenvalue weighted by Gasteiger charge is 2.45. The molecule has 1 N–H and O–H groups in total. The van der Waals surface area contributed by atoms with Crippen molar-refractivity contribution in [3.05, 3.63) is 91.1 Å². The Morgan fingerprint density at radius 3 is 2.45 bits per heavy atom. The molecule has 0 spiro atoms. The third kappa shape index (κ3) is 6.06. The summed E-state index contributed by atoms with van der Waals surface area (Å²) >= 11 is 15.4. The zero-order chi connectivity index (χ0) is 28.5. The lowest BCUT2D eigenvalue weighted by molar-refractivity contribution is -0.149. The van der Waals surface area contributed by atoms with Crippen molar-refractivity contribution < 1.29 is 19.1 Å². The van der Waals surface area contributed by atoms with Gasteiger partial charge in [0.25, 0.3) is 5.91 Å². The van der Waals surface area contributed by atoms with Crippen molar-refractivity contribution in [2.75, 3.05) is 31.2 Å². The fourth-order valence-electron chi connectivity index (χ4n) is 4.66. The van der Waals surface area contributed by atoms with E-state index in [1.54, 1.807) is 50.3 Å². The Morgan fingerprint density at radius 1 is 1.07 bits per heavy atom. The number of morpholine rings is 1. The largest absolute Gasteiger partial charge is 0.429 e. The van der Waals surface area contributed by atoms with Crippen LogP contribution < -0.4 is 10.2 Å². The highest BCUT2D eigenvalue weighted by molar-refractivity contribution is 8.04. The molecule has 0 aliphatic carbocycles. The van der Waals surface area contributed by atoms with Crippen LogP contribution in [0.2, 0.25) is 10.0 Å². The normalized spacial score (nSPS) is 19.9. The SMILES string of the molecule is CC(C)(C)C(=O)OC1=C(Sc2cc(Cl)ccc2Cl)C(=O)NC(c2ccc(N3CCOCC3)cc2)(c2ccsc2)C1. The number of nitrogens with zero attached hydrogens (tertiary/aromatic N) is 1. The van der Waals surface area contributed by atoms with Gasteiger partial charge in [0.2, 0.25) is 0 Å². The van der Waals surface area contributed by atoms with Crippen LogP contribution in [-0.4, -0.2) is 38.2 Å². The second-order valence-corrected chi connectivity index (χ2v) is 13.4. The van der Waals surface area contributed by atoms with Gasteiger partial charge in [-0.05, 0) is 79.1 Å². The summed E-state index contributed by atoms with van der Waals surface area (Å²) < 4.78 is 11.5. The summed E-state index contributed by atoms with van der Waals surface area (Å²) in [5.41, 5.74) is 1.20. The van der Waals surface area contributed by atoms with Gasteiger partial charge in [-0.3, -0.25) is 9.59 Å². The molecule has 0 bridgehead atoms. The number of benzene rings is 2. The molecule has 2 aromatic carbocycles. The highest BCUT2D eigenvalue weighted by atomic mass is 35.5. The van der Waals surface area contributed by atoms with Gasteiger partial charge < -0.3 is 19.7 Å². The number of rotatable bonds is 6. The van der Waals surface area contributed by atoms with E-state index in [4.69, 9.17) is 32.7 Å². The van der Waals surface area contributed by atoms with Crippen LogP contribution in [0.15, 0.2) is 74.9 Å². The molecule has 1 saturated heterocycles. The molecule has 2 aliphatic heterocycles. The van der Waals surface area contributed by atoms with Gasteiger partial charge in [0.1, 0.15) is 10.7 Å². The number of hydrogen-bond acceptors (Lipinski definition) is 7. The monoisotopic (exact) mass is 616 g/mol. The van der Waals surface area contributed by atoms with Crippen LogP contribution in [0.3, 0.4) is 0 Å². The Kier molecular flexibility index (Phi) is 8.55. The summed E-state index contributed by atoms with van der Waals surface area (Å²) in [6.07, 6.45) is 0.245. The first kappa shape index (κ1) is 29.0. The van der Waals surface area contributed by atoms with Crippen LogP contribution in [0.4, 0.5) is 5.69 Å². The lowest BCUT2D eigenvalue weighted by atomic mass is 9.79. The molecular formula is C30H30Cl2N2O4S2. The molecule has 1 unspecified atom stereocenters. The summed E-state index contributed by atoms with van der Waals surface area (Å²) in [7, 11) is 0. The number of carbonyl (C=O) groups is 2. The maximum atomic E-state index is 14.0. The van der Waals surface area contributed by atoms with Crippen molar-refractivity contribution in [1.29, 1.82) is 0 Å². The smallest absolute Gasteiger partial charge is 0.316 e. The Hall–Kier alpha value is -2.49. The van der Waals surface area contributed by atoms with Crippen molar-refractivity contribution in [2.24, 2.45) is 5.41 Å². The summed E-state index contributed by atoms with van der Waals surface area (Å²) in [4.78, 5) is 30.3. The number of amides is 1. The number of thiophene rings is 1. The first-order valence-electron chi connectivity index (χ1n) is 12.9. The van der Waals surface area contributed by atoms with E-state index in [2.05, 4.69) is 22.3 Å². The average Bonchev–Trinajstić information content (AvgIpc) is 3.48. The zero-order valence-electron chi connectivity index (χ0n) is 22.5. The predicted molar refractivity (Wildman–Crippen MR) is 162 cm³/mol. The summed E-state index contributed by atoms with van der Waals surface area (Å²) in [5, 5.41) is 8.22. The van der Waals surface area contributed by atoms with Crippen molar-refractivity contribution in [1.82, 2.24) is 5.32 Å². The quantitative estimate of drug-likeness (QED) is 0.294. The van der Waals surface area contributed by atoms with E-state index in [0.717, 1.165) is 41.7 Å². The molecule has 1 atom stereocenters. The first-order valence-corrected chi connectivity index (χ1v) is 15.4. The molecule has 1 amide bonds. The van der Waals surface area contributed by atoms with Gasteiger partial charge in [-0.15, -0.1) is 0 Å². The first-order chi connectivity index (χ1) is 19.1. The van der Waals surface area contributed by atoms with Gasteiger partial charge in [-0.1, -0.05) is 47.1 Å². The lowest BCUT2D eigenvalue weighted by Gasteiger charge is -2.40. The Bertz CT molecular complexity index is 1430. The van der Waals surface area contributed by atoms with Crippen LogP contribution in [-0.2, 0) is 24.6 Å². The van der Waals surface area contributed by atoms with Gasteiger partial charge in [0.15, 0.2) is 0 Å². The predicted octanol–water partition coefficient (Wildman–Crippen LogP) is 7.25. The van der Waals surface area contributed by atoms with Gasteiger partial charge in [-0.2, -0.15) is 11.3 Å². The summed E-state index contributed by atoms with van der Waals surface area (Å²) in [6, 6.07) is 15.3. The molecule has 40 heavy (non-hydrogen) atoms. The van der Waals surface area contributed by atoms with E-state index in [1.165, 1.54) is 0 Å². The van der Waals surface area contributed by atoms with E-state index in [-0.39, 0.29) is 17.2 Å². The third-order valence-electron chi connectivity index (χ3n) is 6.90. The second kappa shape index (κ2) is 11.8. The van der Waals surface area contributed by atoms with Crippen molar-refractivity contribution in [3.63, 3.8) is 0 Å². The number of anilines is 1. The van der Waals surface area contributed by atoms with E-state index in [0.29, 0.717) is 33.9 Å². The molecule has 3 heterocycles. The molecule has 210 valence electrons. The molecule has 10 heteroatoms. The second-order valence-electron chi connectivity index (χ2n) is 10.8. The molecule has 1 aromatic heterocycles.